The number of unbranched alkanes of at least 4 members (excludes halogenated alkanes) is 6. The normalized spacial score (nSPS) is 30.7. The molecule has 1 aliphatic heterocycles. The molecule has 0 amide bonds. The highest BCUT2D eigenvalue weighted by molar-refractivity contribution is 5.70. The molecule has 3 N–H and O–H groups in total. The molecule has 0 bridgehead atoms. The monoisotopic (exact) mass is 328 g/mol. The molecule has 1 heterocycles. The highest BCUT2D eigenvalue weighted by Crippen LogP contribution is 2.18. The number of aliphatic hydroxyl groups excluding tert-OH is 3. The molecule has 5 heteroatoms. The molecule has 0 aromatic carbocycles. The molecule has 0 saturated heterocycles. The van der Waals surface area contributed by atoms with Gasteiger partial charge in [-0.2, -0.15) is 0 Å². The van der Waals surface area contributed by atoms with Crippen LogP contribution in [0.25, 0.3) is 0 Å². The Morgan fingerprint density at radius 3 is 2.39 bits per heavy atom. The Kier molecular flexibility index (Phi) is 10.2. The Morgan fingerprint density at radius 1 is 1.04 bits per heavy atom. The summed E-state index contributed by atoms with van der Waals surface area (Å²) in [5, 5.41) is 29.4. The van der Waals surface area contributed by atoms with Gasteiger partial charge in [-0.05, 0) is 12.8 Å². The molecule has 23 heavy (non-hydrogen) atoms. The first-order valence-electron chi connectivity index (χ1n) is 8.95. The highest BCUT2D eigenvalue weighted by atomic mass is 16.5. The zero-order valence-corrected chi connectivity index (χ0v) is 14.2. The molecule has 0 aromatic heterocycles. The molecule has 0 spiro atoms. The van der Waals surface area contributed by atoms with Crippen LogP contribution in [0.5, 0.6) is 0 Å². The SMILES string of the molecule is CCCCCCCCC[C@H]1C[C@@H](O)[C@H](O)/C=C\[C@H](O)CC(=O)O1. The smallest absolute Gasteiger partial charge is 0.309 e. The number of hydrogen-bond acceptors (Lipinski definition) is 5. The molecule has 1 rings (SSSR count). The number of aliphatic hydroxyl groups is 3. The van der Waals surface area contributed by atoms with Crippen LogP contribution in [-0.2, 0) is 9.53 Å². The second kappa shape index (κ2) is 11.6. The zero-order valence-electron chi connectivity index (χ0n) is 14.2. The molecule has 0 fully saturated rings. The third kappa shape index (κ3) is 9.08. The van der Waals surface area contributed by atoms with Gasteiger partial charge < -0.3 is 20.1 Å². The summed E-state index contributed by atoms with van der Waals surface area (Å²) in [6.07, 6.45) is 8.25. The Balaban J connectivity index is 2.39. The molecule has 4 atom stereocenters. The Morgan fingerprint density at radius 2 is 1.70 bits per heavy atom. The van der Waals surface area contributed by atoms with Gasteiger partial charge in [-0.3, -0.25) is 4.79 Å². The van der Waals surface area contributed by atoms with Gasteiger partial charge in [0.2, 0.25) is 0 Å². The summed E-state index contributed by atoms with van der Waals surface area (Å²) in [5.74, 6) is -0.460. The van der Waals surface area contributed by atoms with E-state index in [9.17, 15) is 20.1 Å². The van der Waals surface area contributed by atoms with Crippen molar-refractivity contribution < 1.29 is 24.9 Å². The molecular formula is C18H32O5. The van der Waals surface area contributed by atoms with Gasteiger partial charge in [0, 0.05) is 6.42 Å². The fourth-order valence-electron chi connectivity index (χ4n) is 2.81. The van der Waals surface area contributed by atoms with Crippen LogP contribution in [0.1, 0.15) is 71.1 Å². The number of hydrogen-bond donors (Lipinski definition) is 3. The van der Waals surface area contributed by atoms with E-state index in [1.54, 1.807) is 0 Å². The van der Waals surface area contributed by atoms with Crippen molar-refractivity contribution in [1.29, 1.82) is 0 Å². The lowest BCUT2D eigenvalue weighted by atomic mass is 9.99. The van der Waals surface area contributed by atoms with Crippen molar-refractivity contribution in [3.8, 4) is 0 Å². The second-order valence-electron chi connectivity index (χ2n) is 6.47. The van der Waals surface area contributed by atoms with Crippen LogP contribution >= 0.6 is 0 Å². The molecular weight excluding hydrogens is 296 g/mol. The summed E-state index contributed by atoms with van der Waals surface area (Å²) >= 11 is 0. The Hall–Kier alpha value is -0.910. The maximum Gasteiger partial charge on any atom is 0.309 e. The highest BCUT2D eigenvalue weighted by Gasteiger charge is 2.24. The molecule has 0 aromatic rings. The van der Waals surface area contributed by atoms with Crippen molar-refractivity contribution in [1.82, 2.24) is 0 Å². The molecule has 5 nitrogen and oxygen atoms in total. The van der Waals surface area contributed by atoms with Crippen LogP contribution in [0, 0.1) is 0 Å². The topological polar surface area (TPSA) is 87.0 Å². The van der Waals surface area contributed by atoms with Crippen molar-refractivity contribution >= 4 is 5.97 Å². The number of ether oxygens (including phenoxy) is 1. The molecule has 0 radical (unpaired) electrons. The lowest BCUT2D eigenvalue weighted by molar-refractivity contribution is -0.153. The predicted octanol–water partition coefficient (Wildman–Crippen LogP) is 2.47. The van der Waals surface area contributed by atoms with Gasteiger partial charge in [-0.15, -0.1) is 0 Å². The summed E-state index contributed by atoms with van der Waals surface area (Å²) in [6, 6.07) is 0. The maximum absolute atomic E-state index is 11.8. The average molecular weight is 328 g/mol. The van der Waals surface area contributed by atoms with Gasteiger partial charge in [0.15, 0.2) is 0 Å². The zero-order chi connectivity index (χ0) is 17.1. The third-order valence-corrected chi connectivity index (χ3v) is 4.23. The first-order valence-corrected chi connectivity index (χ1v) is 8.95. The van der Waals surface area contributed by atoms with Crippen molar-refractivity contribution in [2.24, 2.45) is 0 Å². The quantitative estimate of drug-likeness (QED) is 0.362. The molecule has 1 aliphatic rings. The van der Waals surface area contributed by atoms with Crippen molar-refractivity contribution in [2.75, 3.05) is 0 Å². The summed E-state index contributed by atoms with van der Waals surface area (Å²) in [6.45, 7) is 2.19. The standard InChI is InChI=1S/C18H32O5/c1-2-3-4-5-6-7-8-9-15-13-17(21)16(20)11-10-14(19)12-18(22)23-15/h10-11,14-17,19-21H,2-9,12-13H2,1H3/b11-10-/t14-,15-,16+,17+/m0/s1. The minimum Gasteiger partial charge on any atom is -0.462 e. The summed E-state index contributed by atoms with van der Waals surface area (Å²) in [7, 11) is 0. The summed E-state index contributed by atoms with van der Waals surface area (Å²) < 4.78 is 5.36. The van der Waals surface area contributed by atoms with Crippen LogP contribution in [-0.4, -0.2) is 45.7 Å². The molecule has 0 saturated carbocycles. The number of cyclic esters (lactones) is 1. The largest absolute Gasteiger partial charge is 0.462 e. The maximum atomic E-state index is 11.8. The van der Waals surface area contributed by atoms with E-state index in [1.807, 2.05) is 0 Å². The molecule has 0 unspecified atom stereocenters. The van der Waals surface area contributed by atoms with Gasteiger partial charge in [0.05, 0.1) is 24.7 Å². The van der Waals surface area contributed by atoms with Gasteiger partial charge >= 0.3 is 5.97 Å². The first kappa shape index (κ1) is 20.1. The Bertz CT molecular complexity index is 355. The summed E-state index contributed by atoms with van der Waals surface area (Å²) in [4.78, 5) is 11.8. The van der Waals surface area contributed by atoms with Gasteiger partial charge in [-0.1, -0.05) is 57.6 Å². The van der Waals surface area contributed by atoms with Crippen molar-refractivity contribution in [2.45, 2.75) is 95.5 Å². The molecule has 134 valence electrons. The van der Waals surface area contributed by atoms with Crippen LogP contribution in [0.4, 0.5) is 0 Å². The fraction of sp³-hybridized carbons (Fsp3) is 0.833. The number of carbonyl (C=O) groups is 1. The van der Waals surface area contributed by atoms with E-state index in [0.717, 1.165) is 12.8 Å². The van der Waals surface area contributed by atoms with Gasteiger partial charge in [0.25, 0.3) is 0 Å². The minimum absolute atomic E-state index is 0.118. The van der Waals surface area contributed by atoms with Crippen LogP contribution < -0.4 is 0 Å². The van der Waals surface area contributed by atoms with E-state index >= 15 is 0 Å². The van der Waals surface area contributed by atoms with E-state index < -0.39 is 30.4 Å². The molecule has 0 aliphatic carbocycles. The number of rotatable bonds is 8. The number of esters is 1. The Labute approximate surface area is 139 Å². The second-order valence-corrected chi connectivity index (χ2v) is 6.47. The lowest BCUT2D eigenvalue weighted by Gasteiger charge is -2.24. The van der Waals surface area contributed by atoms with E-state index in [0.29, 0.717) is 6.42 Å². The number of carbonyl (C=O) groups excluding carboxylic acids is 1. The lowest BCUT2D eigenvalue weighted by Crippen LogP contribution is -2.33. The van der Waals surface area contributed by atoms with E-state index in [1.165, 1.54) is 44.3 Å². The van der Waals surface area contributed by atoms with Crippen LogP contribution in [0.15, 0.2) is 12.2 Å². The van der Waals surface area contributed by atoms with E-state index in [4.69, 9.17) is 4.74 Å². The third-order valence-electron chi connectivity index (χ3n) is 4.23. The van der Waals surface area contributed by atoms with Crippen LogP contribution in [0.3, 0.4) is 0 Å². The van der Waals surface area contributed by atoms with Crippen molar-refractivity contribution in [3.63, 3.8) is 0 Å². The average Bonchev–Trinajstić information content (AvgIpc) is 2.50. The van der Waals surface area contributed by atoms with E-state index in [2.05, 4.69) is 6.92 Å². The minimum atomic E-state index is -1.04. The van der Waals surface area contributed by atoms with Gasteiger partial charge in [0.1, 0.15) is 6.10 Å². The van der Waals surface area contributed by atoms with Gasteiger partial charge in [-0.25, -0.2) is 0 Å². The van der Waals surface area contributed by atoms with E-state index in [-0.39, 0.29) is 12.8 Å². The first-order chi connectivity index (χ1) is 11.0. The van der Waals surface area contributed by atoms with Crippen LogP contribution in [0.2, 0.25) is 0 Å². The summed E-state index contributed by atoms with van der Waals surface area (Å²) in [5.41, 5.74) is 0. The van der Waals surface area contributed by atoms with Crippen molar-refractivity contribution in [3.05, 3.63) is 12.2 Å². The fourth-order valence-corrected chi connectivity index (χ4v) is 2.81. The predicted molar refractivity (Wildman–Crippen MR) is 88.9 cm³/mol.